The Bertz CT molecular complexity index is 99.9. The van der Waals surface area contributed by atoms with Crippen molar-refractivity contribution in [3.05, 3.63) is 0 Å². The topological polar surface area (TPSA) is 36.1 Å². The van der Waals surface area contributed by atoms with Gasteiger partial charge in [0.05, 0.1) is 0 Å². The lowest BCUT2D eigenvalue weighted by atomic mass is 10.5. The molecule has 32 valence electrons. The number of halogens is 1. The predicted octanol–water partition coefficient (Wildman–Crippen LogP) is 0.855. The molecule has 0 aliphatic heterocycles. The van der Waals surface area contributed by atoms with Gasteiger partial charge in [-0.25, -0.2) is 0 Å². The van der Waals surface area contributed by atoms with Gasteiger partial charge in [0, 0.05) is 0 Å². The van der Waals surface area contributed by atoms with Crippen LogP contribution < -0.4 is 0 Å². The Morgan fingerprint density at radius 3 is 2.50 bits per heavy atom. The Morgan fingerprint density at radius 1 is 2.00 bits per heavy atom. The zero-order valence-electron chi connectivity index (χ0n) is 3.27. The van der Waals surface area contributed by atoms with E-state index in [1.54, 1.807) is 0 Å². The maximum atomic E-state index is 10.8. The zero-order valence-corrected chi connectivity index (χ0v) is 3.27. The number of hydrogen-bond donors (Lipinski definition) is 0. The minimum Gasteiger partial charge on any atom is -0.191 e. The van der Waals surface area contributed by atoms with E-state index in [9.17, 15) is 4.48 Å². The van der Waals surface area contributed by atoms with Gasteiger partial charge in [0.25, 0.3) is 0 Å². The fraction of sp³-hybridized carbons (Fsp3) is 0.333. The van der Waals surface area contributed by atoms with E-state index in [2.05, 4.69) is 5.21 Å². The lowest BCUT2D eigenvalue weighted by molar-refractivity contribution is 0.538. The molecule has 2 nitrogen and oxygen atoms in total. The van der Waals surface area contributed by atoms with Gasteiger partial charge in [0.1, 0.15) is 11.8 Å². The van der Waals surface area contributed by atoms with Gasteiger partial charge in [-0.15, -0.1) is 0 Å². The van der Waals surface area contributed by atoms with Gasteiger partial charge in [-0.1, -0.05) is 9.70 Å². The van der Waals surface area contributed by atoms with Crippen molar-refractivity contribution in [1.82, 2.24) is 0 Å². The molecule has 0 spiro atoms. The third-order valence-corrected chi connectivity index (χ3v) is 0.289. The molecule has 6 heavy (non-hydrogen) atoms. The Morgan fingerprint density at radius 2 is 2.50 bits per heavy atom. The average Bonchev–Trinajstić information content (AvgIpc) is 1.65. The maximum absolute atomic E-state index is 10.8. The second kappa shape index (κ2) is 2.33. The Kier molecular flexibility index (Phi) is 1.98. The first kappa shape index (κ1) is 5.09. The van der Waals surface area contributed by atoms with Crippen LogP contribution in [0.4, 0.5) is 4.48 Å². The van der Waals surface area contributed by atoms with Crippen molar-refractivity contribution in [3.8, 4) is 6.07 Å². The standard InChI is InChI=1S/C3H3FN2/c1-3(2-5)6-4/h1H3. The van der Waals surface area contributed by atoms with Crippen LogP contribution in [0.2, 0.25) is 0 Å². The fourth-order valence-corrected chi connectivity index (χ4v) is 0.0189. The first-order valence-electron chi connectivity index (χ1n) is 1.37. The van der Waals surface area contributed by atoms with Crippen LogP contribution in [0, 0.1) is 11.3 Å². The first-order valence-corrected chi connectivity index (χ1v) is 1.37. The molecule has 0 rings (SSSR count). The highest BCUT2D eigenvalue weighted by atomic mass is 19.2. The van der Waals surface area contributed by atoms with Crippen molar-refractivity contribution >= 4 is 5.71 Å². The molecule has 0 aromatic carbocycles. The van der Waals surface area contributed by atoms with E-state index in [-0.39, 0.29) is 5.71 Å². The molecule has 0 bridgehead atoms. The number of nitriles is 1. The molecule has 3 heteroatoms. The molecule has 0 saturated heterocycles. The number of nitrogens with zero attached hydrogens (tertiary/aromatic N) is 2. The van der Waals surface area contributed by atoms with Crippen LogP contribution in [0.25, 0.3) is 0 Å². The van der Waals surface area contributed by atoms with Gasteiger partial charge in [-0.05, 0) is 6.92 Å². The minimum atomic E-state index is -0.144. The SMILES string of the molecule is CC(C#N)=NF. The van der Waals surface area contributed by atoms with E-state index in [0.29, 0.717) is 0 Å². The van der Waals surface area contributed by atoms with E-state index in [0.717, 1.165) is 0 Å². The molecular weight excluding hydrogens is 83.0 g/mol. The molecule has 0 N–H and O–H groups in total. The summed E-state index contributed by atoms with van der Waals surface area (Å²) >= 11 is 0. The van der Waals surface area contributed by atoms with Crippen molar-refractivity contribution < 1.29 is 4.48 Å². The number of rotatable bonds is 0. The van der Waals surface area contributed by atoms with Gasteiger partial charge < -0.3 is 0 Å². The molecule has 0 aromatic heterocycles. The van der Waals surface area contributed by atoms with E-state index in [4.69, 9.17) is 5.26 Å². The smallest absolute Gasteiger partial charge is 0.147 e. The summed E-state index contributed by atoms with van der Waals surface area (Å²) in [6.07, 6.45) is 0. The summed E-state index contributed by atoms with van der Waals surface area (Å²) in [5.41, 5.74) is -0.144. The summed E-state index contributed by atoms with van der Waals surface area (Å²) in [5.74, 6) is 0. The van der Waals surface area contributed by atoms with Crippen molar-refractivity contribution in [1.29, 1.82) is 5.26 Å². The third-order valence-electron chi connectivity index (χ3n) is 0.289. The summed E-state index contributed by atoms with van der Waals surface area (Å²) in [4.78, 5) is 0. The van der Waals surface area contributed by atoms with Gasteiger partial charge in [0.15, 0.2) is 0 Å². The molecule has 0 aliphatic rings. The highest BCUT2D eigenvalue weighted by Gasteiger charge is 1.77. The lowest BCUT2D eigenvalue weighted by Crippen LogP contribution is -1.77. The molecule has 0 aliphatic carbocycles. The van der Waals surface area contributed by atoms with Gasteiger partial charge in [0.2, 0.25) is 0 Å². The summed E-state index contributed by atoms with van der Waals surface area (Å²) in [6, 6.07) is 1.49. The normalized spacial score (nSPS) is 10.5. The second-order valence-electron chi connectivity index (χ2n) is 0.782. The second-order valence-corrected chi connectivity index (χ2v) is 0.782. The third kappa shape index (κ3) is 1.41. The molecular formula is C3H3FN2. The maximum Gasteiger partial charge on any atom is 0.147 e. The van der Waals surface area contributed by atoms with Crippen molar-refractivity contribution in [2.45, 2.75) is 6.92 Å². The molecule has 0 fully saturated rings. The molecule has 0 radical (unpaired) electrons. The summed E-state index contributed by atoms with van der Waals surface area (Å²) in [6.45, 7) is 1.29. The molecule has 0 aromatic rings. The quantitative estimate of drug-likeness (QED) is 0.402. The van der Waals surface area contributed by atoms with Crippen LogP contribution in [-0.4, -0.2) is 5.71 Å². The lowest BCUT2D eigenvalue weighted by Gasteiger charge is -1.65. The van der Waals surface area contributed by atoms with Crippen LogP contribution in [0.3, 0.4) is 0 Å². The molecule has 0 atom stereocenters. The summed E-state index contributed by atoms with van der Waals surface area (Å²) < 4.78 is 10.8. The van der Waals surface area contributed by atoms with Crippen molar-refractivity contribution in [3.63, 3.8) is 0 Å². The monoisotopic (exact) mass is 86.0 g/mol. The van der Waals surface area contributed by atoms with E-state index in [1.807, 2.05) is 0 Å². The Hall–Kier alpha value is -0.910. The first-order chi connectivity index (χ1) is 2.81. The van der Waals surface area contributed by atoms with Crippen molar-refractivity contribution in [2.75, 3.05) is 0 Å². The van der Waals surface area contributed by atoms with Crippen LogP contribution in [0.5, 0.6) is 0 Å². The molecule has 0 unspecified atom stereocenters. The molecule has 0 heterocycles. The minimum absolute atomic E-state index is 0.144. The van der Waals surface area contributed by atoms with Crippen LogP contribution in [0.1, 0.15) is 6.92 Å². The van der Waals surface area contributed by atoms with Crippen LogP contribution >= 0.6 is 0 Å². The predicted molar refractivity (Wildman–Crippen MR) is 19.8 cm³/mol. The van der Waals surface area contributed by atoms with Crippen LogP contribution in [0.15, 0.2) is 5.21 Å². The summed E-state index contributed by atoms with van der Waals surface area (Å²) in [5, 5.41) is 9.78. The average molecular weight is 86.1 g/mol. The Balaban J connectivity index is 3.61. The zero-order chi connectivity index (χ0) is 4.99. The van der Waals surface area contributed by atoms with Crippen molar-refractivity contribution in [2.24, 2.45) is 5.21 Å². The van der Waals surface area contributed by atoms with Gasteiger partial charge >= 0.3 is 0 Å². The van der Waals surface area contributed by atoms with E-state index < -0.39 is 0 Å². The highest BCUT2D eigenvalue weighted by molar-refractivity contribution is 5.95. The largest absolute Gasteiger partial charge is 0.191 e. The Labute approximate surface area is 34.9 Å². The van der Waals surface area contributed by atoms with Gasteiger partial charge in [-0.3, -0.25) is 0 Å². The van der Waals surface area contributed by atoms with Gasteiger partial charge in [-0.2, -0.15) is 5.26 Å². The van der Waals surface area contributed by atoms with E-state index in [1.165, 1.54) is 13.0 Å². The van der Waals surface area contributed by atoms with Crippen LogP contribution in [-0.2, 0) is 0 Å². The molecule has 0 saturated carbocycles. The fourth-order valence-electron chi connectivity index (χ4n) is 0.0189. The summed E-state index contributed by atoms with van der Waals surface area (Å²) in [7, 11) is 0. The number of hydrogen-bond acceptors (Lipinski definition) is 2. The molecule has 0 amide bonds. The highest BCUT2D eigenvalue weighted by Crippen LogP contribution is 1.71. The van der Waals surface area contributed by atoms with E-state index >= 15 is 0 Å².